The van der Waals surface area contributed by atoms with Gasteiger partial charge in [-0.1, -0.05) is 91.0 Å². The van der Waals surface area contributed by atoms with E-state index in [1.54, 1.807) is 9.80 Å². The van der Waals surface area contributed by atoms with Gasteiger partial charge < -0.3 is 20.4 Å². The zero-order valence-corrected chi connectivity index (χ0v) is 25.5. The van der Waals surface area contributed by atoms with Crippen molar-refractivity contribution < 1.29 is 14.4 Å². The number of carbonyl (C=O) groups excluding carboxylic acids is 3. The number of benzene rings is 3. The van der Waals surface area contributed by atoms with Gasteiger partial charge in [0.25, 0.3) is 0 Å². The van der Waals surface area contributed by atoms with Gasteiger partial charge in [0.05, 0.1) is 5.41 Å². The Morgan fingerprint density at radius 2 is 1.25 bits per heavy atom. The molecular formula is C37H44N4O3. The van der Waals surface area contributed by atoms with Crippen molar-refractivity contribution in [2.45, 2.75) is 62.4 Å². The van der Waals surface area contributed by atoms with Crippen LogP contribution in [0, 0.1) is 5.92 Å². The van der Waals surface area contributed by atoms with Gasteiger partial charge in [-0.25, -0.2) is 0 Å². The predicted octanol–water partition coefficient (Wildman–Crippen LogP) is 4.51. The van der Waals surface area contributed by atoms with Crippen molar-refractivity contribution in [3.63, 3.8) is 0 Å². The number of rotatable bonds is 9. The first-order valence-electron chi connectivity index (χ1n) is 16.3. The highest BCUT2D eigenvalue weighted by molar-refractivity contribution is 5.93. The van der Waals surface area contributed by atoms with Crippen molar-refractivity contribution in [2.75, 3.05) is 32.7 Å². The SMILES string of the molecule is O=C(NC[C@H]1CCCNC1)[C@H]1CCCN1C(=O)[C@@H]1CCCN1C(=O)CC(c1ccccc1)(c1ccccc1)c1ccccc1. The van der Waals surface area contributed by atoms with Crippen LogP contribution in [0.3, 0.4) is 0 Å². The molecule has 0 spiro atoms. The summed E-state index contributed by atoms with van der Waals surface area (Å²) >= 11 is 0. The topological polar surface area (TPSA) is 81.8 Å². The molecule has 0 aromatic heterocycles. The highest BCUT2D eigenvalue weighted by Gasteiger charge is 2.45. The normalized spacial score (nSPS) is 22.1. The first kappa shape index (κ1) is 30.1. The van der Waals surface area contributed by atoms with E-state index < -0.39 is 17.5 Å². The van der Waals surface area contributed by atoms with Gasteiger partial charge in [-0.05, 0) is 74.2 Å². The number of carbonyl (C=O) groups is 3. The smallest absolute Gasteiger partial charge is 0.246 e. The van der Waals surface area contributed by atoms with Crippen LogP contribution in [0.5, 0.6) is 0 Å². The standard InChI is InChI=1S/C37H44N4O3/c42-34(25-37(29-14-4-1-5-15-29,30-16-6-2-7-17-30)31-18-8-3-9-19-31)40-23-12-21-33(40)36(44)41-24-11-20-32(41)35(43)39-27-28-13-10-22-38-26-28/h1-9,14-19,28,32-33,38H,10-13,20-27H2,(H,39,43)/t28-,32+,33-/m0/s1. The van der Waals surface area contributed by atoms with E-state index in [2.05, 4.69) is 47.0 Å². The average Bonchev–Trinajstić information content (AvgIpc) is 3.79. The molecule has 3 amide bonds. The first-order valence-corrected chi connectivity index (χ1v) is 16.3. The summed E-state index contributed by atoms with van der Waals surface area (Å²) in [6.07, 6.45) is 5.30. The fourth-order valence-electron chi connectivity index (χ4n) is 7.58. The summed E-state index contributed by atoms with van der Waals surface area (Å²) in [7, 11) is 0. The van der Waals surface area contributed by atoms with Crippen LogP contribution >= 0.6 is 0 Å². The lowest BCUT2D eigenvalue weighted by molar-refractivity contribution is -0.146. The quantitative estimate of drug-likeness (QED) is 0.359. The lowest BCUT2D eigenvalue weighted by atomic mass is 9.67. The molecule has 3 atom stereocenters. The van der Waals surface area contributed by atoms with Gasteiger partial charge in [0.2, 0.25) is 17.7 Å². The maximum atomic E-state index is 14.5. The van der Waals surface area contributed by atoms with Gasteiger partial charge in [0.15, 0.2) is 0 Å². The molecule has 0 bridgehead atoms. The number of amides is 3. The molecule has 44 heavy (non-hydrogen) atoms. The maximum Gasteiger partial charge on any atom is 0.246 e. The summed E-state index contributed by atoms with van der Waals surface area (Å²) in [6, 6.07) is 29.7. The molecule has 3 saturated heterocycles. The minimum atomic E-state index is -0.721. The molecule has 3 heterocycles. The van der Waals surface area contributed by atoms with Crippen molar-refractivity contribution in [1.29, 1.82) is 0 Å². The van der Waals surface area contributed by atoms with Gasteiger partial charge in [-0.2, -0.15) is 0 Å². The van der Waals surface area contributed by atoms with Crippen LogP contribution in [0.1, 0.15) is 61.6 Å². The van der Waals surface area contributed by atoms with E-state index in [0.29, 0.717) is 38.4 Å². The van der Waals surface area contributed by atoms with E-state index in [0.717, 1.165) is 55.5 Å². The Bertz CT molecular complexity index is 1310. The second-order valence-corrected chi connectivity index (χ2v) is 12.6. The van der Waals surface area contributed by atoms with E-state index in [1.165, 1.54) is 0 Å². The van der Waals surface area contributed by atoms with Crippen molar-refractivity contribution in [3.8, 4) is 0 Å². The Kier molecular flexibility index (Phi) is 9.41. The minimum absolute atomic E-state index is 0.0394. The van der Waals surface area contributed by atoms with Gasteiger partial charge >= 0.3 is 0 Å². The third kappa shape index (κ3) is 6.16. The summed E-state index contributed by atoms with van der Waals surface area (Å²) in [5.74, 6) is 0.244. The van der Waals surface area contributed by atoms with E-state index in [4.69, 9.17) is 0 Å². The summed E-state index contributed by atoms with van der Waals surface area (Å²) in [4.78, 5) is 45.4. The lowest BCUT2D eigenvalue weighted by Crippen LogP contribution is -2.54. The monoisotopic (exact) mass is 592 g/mol. The minimum Gasteiger partial charge on any atom is -0.354 e. The first-order chi connectivity index (χ1) is 21.6. The van der Waals surface area contributed by atoms with Crippen LogP contribution in [0.25, 0.3) is 0 Å². The average molecular weight is 593 g/mol. The summed E-state index contributed by atoms with van der Waals surface area (Å²) in [5, 5.41) is 6.54. The van der Waals surface area contributed by atoms with Gasteiger partial charge in [-0.15, -0.1) is 0 Å². The molecule has 7 heteroatoms. The van der Waals surface area contributed by atoms with Crippen molar-refractivity contribution in [2.24, 2.45) is 5.92 Å². The molecule has 0 radical (unpaired) electrons. The Morgan fingerprint density at radius 3 is 1.80 bits per heavy atom. The Balaban J connectivity index is 1.24. The molecule has 3 aromatic carbocycles. The zero-order chi connectivity index (χ0) is 30.4. The van der Waals surface area contributed by atoms with Crippen LogP contribution in [-0.2, 0) is 19.8 Å². The Hall–Kier alpha value is -3.97. The van der Waals surface area contributed by atoms with Crippen LogP contribution in [0.15, 0.2) is 91.0 Å². The molecule has 3 aliphatic heterocycles. The molecule has 7 nitrogen and oxygen atoms in total. The highest BCUT2D eigenvalue weighted by atomic mass is 16.2. The molecule has 0 aliphatic carbocycles. The van der Waals surface area contributed by atoms with Crippen LogP contribution in [0.2, 0.25) is 0 Å². The highest BCUT2D eigenvalue weighted by Crippen LogP contribution is 2.43. The van der Waals surface area contributed by atoms with Crippen molar-refractivity contribution >= 4 is 17.7 Å². The molecule has 2 N–H and O–H groups in total. The molecule has 230 valence electrons. The maximum absolute atomic E-state index is 14.5. The molecule has 3 fully saturated rings. The molecule has 3 aliphatic rings. The fraction of sp³-hybridized carbons (Fsp3) is 0.432. The van der Waals surface area contributed by atoms with Crippen molar-refractivity contribution in [1.82, 2.24) is 20.4 Å². The lowest BCUT2D eigenvalue weighted by Gasteiger charge is -2.38. The molecule has 0 unspecified atom stereocenters. The molecule has 6 rings (SSSR count). The predicted molar refractivity (Wildman–Crippen MR) is 172 cm³/mol. The Labute approximate surface area is 261 Å². The molecular weight excluding hydrogens is 548 g/mol. The largest absolute Gasteiger partial charge is 0.354 e. The Morgan fingerprint density at radius 1 is 0.705 bits per heavy atom. The van der Waals surface area contributed by atoms with E-state index in [-0.39, 0.29) is 24.1 Å². The van der Waals surface area contributed by atoms with Gasteiger partial charge in [0.1, 0.15) is 12.1 Å². The third-order valence-corrected chi connectivity index (χ3v) is 9.88. The van der Waals surface area contributed by atoms with Gasteiger partial charge in [0, 0.05) is 26.1 Å². The van der Waals surface area contributed by atoms with Crippen LogP contribution in [-0.4, -0.2) is 72.3 Å². The van der Waals surface area contributed by atoms with Gasteiger partial charge in [-0.3, -0.25) is 14.4 Å². The summed E-state index contributed by atoms with van der Waals surface area (Å²) < 4.78 is 0. The summed E-state index contributed by atoms with van der Waals surface area (Å²) in [5.41, 5.74) is 2.40. The molecule has 0 saturated carbocycles. The second-order valence-electron chi connectivity index (χ2n) is 12.6. The number of likely N-dealkylation sites (tertiary alicyclic amines) is 2. The van der Waals surface area contributed by atoms with E-state index in [1.807, 2.05) is 54.6 Å². The summed E-state index contributed by atoms with van der Waals surface area (Å²) in [6.45, 7) is 3.70. The number of hydrogen-bond acceptors (Lipinski definition) is 4. The number of nitrogens with zero attached hydrogens (tertiary/aromatic N) is 2. The number of hydrogen-bond donors (Lipinski definition) is 2. The number of piperidine rings is 1. The fourth-order valence-corrected chi connectivity index (χ4v) is 7.58. The van der Waals surface area contributed by atoms with Crippen molar-refractivity contribution in [3.05, 3.63) is 108 Å². The van der Waals surface area contributed by atoms with E-state index >= 15 is 0 Å². The number of nitrogens with one attached hydrogen (secondary N) is 2. The van der Waals surface area contributed by atoms with E-state index in [9.17, 15) is 14.4 Å². The van der Waals surface area contributed by atoms with Crippen LogP contribution in [0.4, 0.5) is 0 Å². The molecule has 3 aromatic rings. The third-order valence-electron chi connectivity index (χ3n) is 9.88. The van der Waals surface area contributed by atoms with Crippen LogP contribution < -0.4 is 10.6 Å². The second kappa shape index (κ2) is 13.8. The zero-order valence-electron chi connectivity index (χ0n) is 25.5.